The number of rotatable bonds is 8. The van der Waals surface area contributed by atoms with Crippen molar-refractivity contribution in [1.29, 1.82) is 0 Å². The molecule has 0 aliphatic rings. The van der Waals surface area contributed by atoms with Gasteiger partial charge in [0.15, 0.2) is 6.61 Å². The average Bonchev–Trinajstić information content (AvgIpc) is 3.05. The number of hydrogen-bond acceptors (Lipinski definition) is 5. The van der Waals surface area contributed by atoms with Gasteiger partial charge in [0, 0.05) is 12.2 Å². The summed E-state index contributed by atoms with van der Waals surface area (Å²) < 4.78 is 12.2. The van der Waals surface area contributed by atoms with Crippen molar-refractivity contribution in [1.82, 2.24) is 4.57 Å². The number of aromatic nitrogens is 1. The van der Waals surface area contributed by atoms with Crippen LogP contribution in [-0.2, 0) is 27.3 Å². The second kappa shape index (κ2) is 8.92. The van der Waals surface area contributed by atoms with E-state index in [0.717, 1.165) is 5.56 Å². The van der Waals surface area contributed by atoms with Gasteiger partial charge in [-0.15, -0.1) is 0 Å². The van der Waals surface area contributed by atoms with Crippen LogP contribution in [0.5, 0.6) is 5.75 Å². The van der Waals surface area contributed by atoms with E-state index in [1.54, 1.807) is 12.1 Å². The lowest BCUT2D eigenvalue weighted by molar-refractivity contribution is -0.142. The Labute approximate surface area is 173 Å². The fourth-order valence-corrected chi connectivity index (χ4v) is 3.49. The first-order chi connectivity index (χ1) is 14.0. The van der Waals surface area contributed by atoms with Crippen LogP contribution in [0.25, 0.3) is 10.9 Å². The number of carbonyl (C=O) groups excluding carboxylic acids is 3. The highest BCUT2D eigenvalue weighted by Gasteiger charge is 2.27. The minimum absolute atomic E-state index is 0.207. The number of benzene rings is 2. The van der Waals surface area contributed by atoms with Gasteiger partial charge in [0.1, 0.15) is 5.75 Å². The van der Waals surface area contributed by atoms with Gasteiger partial charge in [-0.05, 0) is 35.7 Å². The van der Waals surface area contributed by atoms with Crippen LogP contribution in [0.1, 0.15) is 28.5 Å². The van der Waals surface area contributed by atoms with E-state index in [2.05, 4.69) is 4.74 Å². The molecule has 0 fully saturated rings. The van der Waals surface area contributed by atoms with Crippen molar-refractivity contribution in [3.63, 3.8) is 0 Å². The zero-order valence-corrected chi connectivity index (χ0v) is 16.9. The van der Waals surface area contributed by atoms with E-state index in [9.17, 15) is 14.4 Å². The summed E-state index contributed by atoms with van der Waals surface area (Å²) in [6, 6.07) is 15.0. The quantitative estimate of drug-likeness (QED) is 0.243. The van der Waals surface area contributed by atoms with Gasteiger partial charge in [0.25, 0.3) is 5.24 Å². The molecule has 0 saturated heterocycles. The van der Waals surface area contributed by atoms with Crippen molar-refractivity contribution >= 4 is 39.5 Å². The van der Waals surface area contributed by atoms with Crippen molar-refractivity contribution < 1.29 is 23.9 Å². The SMILES string of the molecule is CCc1c(C(=O)C(=O)Cl)c2c(OCC(=O)OC)cccc2n1Cc1ccccc1. The van der Waals surface area contributed by atoms with Gasteiger partial charge in [-0.25, -0.2) is 4.79 Å². The summed E-state index contributed by atoms with van der Waals surface area (Å²) in [4.78, 5) is 36.0. The summed E-state index contributed by atoms with van der Waals surface area (Å²) in [5.41, 5.74) is 2.64. The van der Waals surface area contributed by atoms with E-state index < -0.39 is 17.0 Å². The van der Waals surface area contributed by atoms with Gasteiger partial charge in [-0.3, -0.25) is 9.59 Å². The lowest BCUT2D eigenvalue weighted by Crippen LogP contribution is -2.14. The highest BCUT2D eigenvalue weighted by Crippen LogP contribution is 2.35. The summed E-state index contributed by atoms with van der Waals surface area (Å²) in [6.07, 6.45) is 0.503. The molecule has 0 N–H and O–H groups in total. The summed E-state index contributed by atoms with van der Waals surface area (Å²) in [6.45, 7) is 2.09. The van der Waals surface area contributed by atoms with Crippen LogP contribution in [0.2, 0.25) is 0 Å². The third kappa shape index (κ3) is 4.17. The highest BCUT2D eigenvalue weighted by molar-refractivity contribution is 6.83. The fraction of sp³-hybridized carbons (Fsp3) is 0.227. The molecule has 0 spiro atoms. The van der Waals surface area contributed by atoms with E-state index in [4.69, 9.17) is 16.3 Å². The number of ketones is 1. The number of nitrogens with zero attached hydrogens (tertiary/aromatic N) is 1. The van der Waals surface area contributed by atoms with E-state index in [1.807, 2.05) is 47.9 Å². The van der Waals surface area contributed by atoms with Crippen LogP contribution in [-0.4, -0.2) is 35.3 Å². The molecule has 6 nitrogen and oxygen atoms in total. The minimum Gasteiger partial charge on any atom is -0.481 e. The third-order valence-corrected chi connectivity index (χ3v) is 4.83. The molecular formula is C22H20ClNO5. The van der Waals surface area contributed by atoms with Gasteiger partial charge in [0.2, 0.25) is 5.78 Å². The molecular weight excluding hydrogens is 394 g/mol. The Balaban J connectivity index is 2.23. The van der Waals surface area contributed by atoms with E-state index in [-0.39, 0.29) is 12.2 Å². The Kier molecular flexibility index (Phi) is 6.34. The van der Waals surface area contributed by atoms with Crippen molar-refractivity contribution in [3.05, 3.63) is 65.4 Å². The summed E-state index contributed by atoms with van der Waals surface area (Å²) >= 11 is 5.55. The Morgan fingerprint density at radius 3 is 2.38 bits per heavy atom. The van der Waals surface area contributed by atoms with Crippen LogP contribution in [0.4, 0.5) is 0 Å². The number of hydrogen-bond donors (Lipinski definition) is 0. The lowest BCUT2D eigenvalue weighted by Gasteiger charge is -2.11. The maximum absolute atomic E-state index is 12.7. The van der Waals surface area contributed by atoms with Crippen LogP contribution in [0.3, 0.4) is 0 Å². The predicted octanol–water partition coefficient (Wildman–Crippen LogP) is 3.75. The molecule has 1 heterocycles. The van der Waals surface area contributed by atoms with Crippen LogP contribution in [0, 0.1) is 0 Å². The molecule has 29 heavy (non-hydrogen) atoms. The average molecular weight is 414 g/mol. The minimum atomic E-state index is -1.07. The number of fused-ring (bicyclic) bond motifs is 1. The normalized spacial score (nSPS) is 10.7. The van der Waals surface area contributed by atoms with Gasteiger partial charge in [-0.1, -0.05) is 43.3 Å². The Morgan fingerprint density at radius 1 is 1.03 bits per heavy atom. The zero-order valence-electron chi connectivity index (χ0n) is 16.1. The molecule has 0 aliphatic carbocycles. The monoisotopic (exact) mass is 413 g/mol. The Morgan fingerprint density at radius 2 is 1.76 bits per heavy atom. The first-order valence-corrected chi connectivity index (χ1v) is 9.47. The van der Waals surface area contributed by atoms with E-state index in [1.165, 1.54) is 7.11 Å². The first kappa shape index (κ1) is 20.6. The van der Waals surface area contributed by atoms with Crippen molar-refractivity contribution in [2.45, 2.75) is 19.9 Å². The first-order valence-electron chi connectivity index (χ1n) is 9.09. The lowest BCUT2D eigenvalue weighted by atomic mass is 10.0. The Hall–Kier alpha value is -3.12. The number of methoxy groups -OCH3 is 1. The largest absolute Gasteiger partial charge is 0.481 e. The molecule has 0 atom stereocenters. The molecule has 150 valence electrons. The molecule has 3 rings (SSSR count). The molecule has 2 aromatic carbocycles. The molecule has 0 bridgehead atoms. The van der Waals surface area contributed by atoms with Gasteiger partial charge < -0.3 is 14.0 Å². The van der Waals surface area contributed by atoms with Gasteiger partial charge in [-0.2, -0.15) is 0 Å². The van der Waals surface area contributed by atoms with Crippen LogP contribution >= 0.6 is 11.6 Å². The van der Waals surface area contributed by atoms with E-state index in [0.29, 0.717) is 35.3 Å². The zero-order chi connectivity index (χ0) is 21.0. The predicted molar refractivity (Wildman–Crippen MR) is 110 cm³/mol. The molecule has 0 unspecified atom stereocenters. The number of halogens is 1. The van der Waals surface area contributed by atoms with Crippen molar-refractivity contribution in [2.24, 2.45) is 0 Å². The molecule has 7 heteroatoms. The second-order valence-electron chi connectivity index (χ2n) is 6.36. The smallest absolute Gasteiger partial charge is 0.343 e. The van der Waals surface area contributed by atoms with Crippen LogP contribution < -0.4 is 4.74 Å². The summed E-state index contributed by atoms with van der Waals surface area (Å²) in [7, 11) is 1.26. The van der Waals surface area contributed by atoms with Crippen molar-refractivity contribution in [2.75, 3.05) is 13.7 Å². The Bertz CT molecular complexity index is 1070. The molecule has 0 aliphatic heterocycles. The van der Waals surface area contributed by atoms with Crippen molar-refractivity contribution in [3.8, 4) is 5.75 Å². The maximum atomic E-state index is 12.7. The van der Waals surface area contributed by atoms with Gasteiger partial charge in [0.05, 0.1) is 23.6 Å². The molecule has 1 aromatic heterocycles. The van der Waals surface area contributed by atoms with Crippen LogP contribution in [0.15, 0.2) is 48.5 Å². The second-order valence-corrected chi connectivity index (χ2v) is 6.71. The number of esters is 1. The highest BCUT2D eigenvalue weighted by atomic mass is 35.5. The van der Waals surface area contributed by atoms with E-state index >= 15 is 0 Å². The molecule has 0 radical (unpaired) electrons. The number of ether oxygens (including phenoxy) is 2. The topological polar surface area (TPSA) is 74.6 Å². The van der Waals surface area contributed by atoms with Gasteiger partial charge >= 0.3 is 5.97 Å². The number of Topliss-reactive ketones (excluding diaryl/α,β-unsaturated/α-hetero) is 1. The standard InChI is InChI=1S/C22H20ClNO5/c1-3-15-20(21(26)22(23)27)19-16(24(15)12-14-8-5-4-6-9-14)10-7-11-17(19)29-13-18(25)28-2/h4-11H,3,12-13H2,1-2H3. The number of carbonyl (C=O) groups is 3. The maximum Gasteiger partial charge on any atom is 0.343 e. The molecule has 0 amide bonds. The molecule has 0 saturated carbocycles. The summed E-state index contributed by atoms with van der Waals surface area (Å²) in [5, 5.41) is -0.607. The third-order valence-electron chi connectivity index (χ3n) is 4.66. The molecule has 3 aromatic rings. The summed E-state index contributed by atoms with van der Waals surface area (Å²) in [5.74, 6) is -1.03. The fourth-order valence-electron chi connectivity index (χ4n) is 3.39.